The maximum atomic E-state index is 11.1. The SMILES string of the molecule is C=C.CC.COc1cc(C(=O)O)c(N)cc1OCCCCCOc1cc(N)c(C(=O)O)cc1OC. The molecule has 6 N–H and O–H groups in total. The van der Waals surface area contributed by atoms with E-state index in [0.29, 0.717) is 49.1 Å². The van der Waals surface area contributed by atoms with Crippen molar-refractivity contribution in [3.63, 3.8) is 0 Å². The molecule has 0 atom stereocenters. The van der Waals surface area contributed by atoms with Crippen molar-refractivity contribution in [1.29, 1.82) is 0 Å². The Kier molecular flexibility index (Phi) is 14.6. The highest BCUT2D eigenvalue weighted by Gasteiger charge is 2.16. The average Bonchev–Trinajstić information content (AvgIpc) is 2.85. The van der Waals surface area contributed by atoms with Crippen molar-refractivity contribution in [2.45, 2.75) is 33.1 Å². The van der Waals surface area contributed by atoms with E-state index in [-0.39, 0.29) is 22.5 Å². The van der Waals surface area contributed by atoms with E-state index >= 15 is 0 Å². The summed E-state index contributed by atoms with van der Waals surface area (Å²) in [6.07, 6.45) is 2.21. The number of carboxylic acids is 2. The highest BCUT2D eigenvalue weighted by Crippen LogP contribution is 2.33. The van der Waals surface area contributed by atoms with Crippen LogP contribution >= 0.6 is 0 Å². The van der Waals surface area contributed by atoms with Crippen LogP contribution in [0.1, 0.15) is 53.8 Å². The second kappa shape index (κ2) is 16.5. The fourth-order valence-electron chi connectivity index (χ4n) is 2.81. The van der Waals surface area contributed by atoms with Gasteiger partial charge in [0, 0.05) is 24.3 Å². The van der Waals surface area contributed by atoms with Gasteiger partial charge in [-0.1, -0.05) is 13.8 Å². The van der Waals surface area contributed by atoms with E-state index in [4.69, 9.17) is 40.6 Å². The third-order valence-electron chi connectivity index (χ3n) is 4.44. The van der Waals surface area contributed by atoms with Gasteiger partial charge >= 0.3 is 11.9 Å². The quantitative estimate of drug-likeness (QED) is 0.185. The van der Waals surface area contributed by atoms with Gasteiger partial charge in [0.25, 0.3) is 0 Å². The Balaban J connectivity index is 0.00000274. The molecular formula is C25H36N2O8. The molecule has 0 amide bonds. The fourth-order valence-corrected chi connectivity index (χ4v) is 2.81. The molecule has 0 unspecified atom stereocenters. The molecule has 0 aromatic heterocycles. The predicted molar refractivity (Wildman–Crippen MR) is 136 cm³/mol. The first-order valence-electron chi connectivity index (χ1n) is 11.0. The predicted octanol–water partition coefficient (Wildman–Crippen LogP) is 4.72. The zero-order chi connectivity index (χ0) is 27.0. The first-order chi connectivity index (χ1) is 16.8. The monoisotopic (exact) mass is 492 g/mol. The Hall–Kier alpha value is -4.08. The minimum Gasteiger partial charge on any atom is -0.493 e. The van der Waals surface area contributed by atoms with Gasteiger partial charge in [0.15, 0.2) is 23.0 Å². The number of aromatic carboxylic acids is 2. The van der Waals surface area contributed by atoms with Gasteiger partial charge in [-0.25, -0.2) is 9.59 Å². The molecule has 0 spiro atoms. The minimum atomic E-state index is -1.14. The molecule has 0 saturated carbocycles. The largest absolute Gasteiger partial charge is 0.493 e. The smallest absolute Gasteiger partial charge is 0.337 e. The Morgan fingerprint density at radius 3 is 1.34 bits per heavy atom. The number of carbonyl (C=O) groups is 2. The molecule has 194 valence electrons. The van der Waals surface area contributed by atoms with Crippen LogP contribution in [-0.4, -0.2) is 49.6 Å². The zero-order valence-electron chi connectivity index (χ0n) is 20.8. The van der Waals surface area contributed by atoms with Gasteiger partial charge < -0.3 is 40.6 Å². The van der Waals surface area contributed by atoms with E-state index in [1.807, 2.05) is 13.8 Å². The van der Waals surface area contributed by atoms with Crippen LogP contribution < -0.4 is 30.4 Å². The van der Waals surface area contributed by atoms with Crippen LogP contribution in [0, 0.1) is 0 Å². The first-order valence-corrected chi connectivity index (χ1v) is 11.0. The van der Waals surface area contributed by atoms with Crippen LogP contribution in [0.15, 0.2) is 37.4 Å². The van der Waals surface area contributed by atoms with Crippen molar-refractivity contribution in [3.8, 4) is 23.0 Å². The van der Waals surface area contributed by atoms with Crippen LogP contribution in [0.4, 0.5) is 11.4 Å². The molecule has 10 nitrogen and oxygen atoms in total. The van der Waals surface area contributed by atoms with Crippen molar-refractivity contribution >= 4 is 23.3 Å². The van der Waals surface area contributed by atoms with Gasteiger partial charge in [0.05, 0.1) is 49.9 Å². The average molecular weight is 493 g/mol. The van der Waals surface area contributed by atoms with E-state index in [9.17, 15) is 9.59 Å². The lowest BCUT2D eigenvalue weighted by molar-refractivity contribution is 0.0686. The summed E-state index contributed by atoms with van der Waals surface area (Å²) >= 11 is 0. The molecule has 2 aromatic rings. The number of benzene rings is 2. The Bertz CT molecular complexity index is 887. The Morgan fingerprint density at radius 1 is 0.714 bits per heavy atom. The van der Waals surface area contributed by atoms with Gasteiger partial charge in [-0.3, -0.25) is 0 Å². The van der Waals surface area contributed by atoms with E-state index in [2.05, 4.69) is 13.2 Å². The van der Waals surface area contributed by atoms with Crippen molar-refractivity contribution in [2.75, 3.05) is 38.9 Å². The second-order valence-corrected chi connectivity index (χ2v) is 6.55. The maximum Gasteiger partial charge on any atom is 0.337 e. The number of methoxy groups -OCH3 is 2. The number of nitrogens with two attached hydrogens (primary N) is 2. The van der Waals surface area contributed by atoms with Gasteiger partial charge in [0.1, 0.15) is 0 Å². The molecule has 2 rings (SSSR count). The normalized spacial score (nSPS) is 9.49. The number of unbranched alkanes of at least 4 members (excludes halogenated alkanes) is 2. The van der Waals surface area contributed by atoms with E-state index in [1.165, 1.54) is 38.5 Å². The number of carboxylic acid groups (broad SMARTS) is 2. The number of rotatable bonds is 12. The number of ether oxygens (including phenoxy) is 4. The van der Waals surface area contributed by atoms with E-state index in [1.54, 1.807) is 0 Å². The van der Waals surface area contributed by atoms with E-state index in [0.717, 1.165) is 6.42 Å². The molecule has 0 aliphatic heterocycles. The molecule has 10 heteroatoms. The molecule has 0 aliphatic rings. The summed E-state index contributed by atoms with van der Waals surface area (Å²) in [5.41, 5.74) is 11.6. The molecular weight excluding hydrogens is 456 g/mol. The lowest BCUT2D eigenvalue weighted by Gasteiger charge is -2.14. The Morgan fingerprint density at radius 2 is 1.06 bits per heavy atom. The van der Waals surface area contributed by atoms with Gasteiger partial charge in [-0.15, -0.1) is 13.2 Å². The molecule has 0 fully saturated rings. The highest BCUT2D eigenvalue weighted by atomic mass is 16.5. The van der Waals surface area contributed by atoms with E-state index < -0.39 is 11.9 Å². The standard InChI is InChI=1S/C21H26N2O8.C2H6.C2H4/c1-28-16-8-12(20(24)25)14(22)10-18(16)30-6-4-3-5-7-31-19-11-15(23)13(21(26)27)9-17(19)29-2;2*1-2/h8-11H,3-7,22-23H2,1-2H3,(H,24,25)(H,26,27);1-2H3;1-2H2. The highest BCUT2D eigenvalue weighted by molar-refractivity contribution is 5.95. The van der Waals surface area contributed by atoms with Crippen molar-refractivity contribution in [2.24, 2.45) is 0 Å². The molecule has 0 radical (unpaired) electrons. The first kappa shape index (κ1) is 30.9. The number of hydrogen-bond donors (Lipinski definition) is 4. The summed E-state index contributed by atoms with van der Waals surface area (Å²) in [6, 6.07) is 5.52. The van der Waals surface area contributed by atoms with Crippen LogP contribution in [0.3, 0.4) is 0 Å². The third-order valence-corrected chi connectivity index (χ3v) is 4.44. The molecule has 0 bridgehead atoms. The van der Waals surface area contributed by atoms with Crippen LogP contribution in [0.25, 0.3) is 0 Å². The molecule has 0 saturated heterocycles. The number of anilines is 2. The summed E-state index contributed by atoms with van der Waals surface area (Å²) in [5.74, 6) is -0.939. The van der Waals surface area contributed by atoms with Crippen molar-refractivity contribution in [3.05, 3.63) is 48.6 Å². The van der Waals surface area contributed by atoms with Crippen LogP contribution in [0.5, 0.6) is 23.0 Å². The summed E-state index contributed by atoms with van der Waals surface area (Å²) in [7, 11) is 2.84. The lowest BCUT2D eigenvalue weighted by Crippen LogP contribution is -2.07. The molecule has 35 heavy (non-hydrogen) atoms. The fraction of sp³-hybridized carbons (Fsp3) is 0.360. The van der Waals surface area contributed by atoms with Gasteiger partial charge in [-0.05, 0) is 19.3 Å². The number of nitrogen functional groups attached to an aromatic ring is 2. The Labute approximate surface area is 206 Å². The minimum absolute atomic E-state index is 0.0474. The lowest BCUT2D eigenvalue weighted by atomic mass is 10.1. The summed E-state index contributed by atoms with van der Waals surface area (Å²) in [4.78, 5) is 22.3. The summed E-state index contributed by atoms with van der Waals surface area (Å²) in [6.45, 7) is 10.8. The van der Waals surface area contributed by atoms with Gasteiger partial charge in [-0.2, -0.15) is 0 Å². The van der Waals surface area contributed by atoms with Crippen molar-refractivity contribution < 1.29 is 38.7 Å². The topological polar surface area (TPSA) is 164 Å². The maximum absolute atomic E-state index is 11.1. The zero-order valence-corrected chi connectivity index (χ0v) is 20.8. The molecule has 0 aliphatic carbocycles. The van der Waals surface area contributed by atoms with Crippen molar-refractivity contribution in [1.82, 2.24) is 0 Å². The van der Waals surface area contributed by atoms with Crippen LogP contribution in [0.2, 0.25) is 0 Å². The third kappa shape index (κ3) is 9.36. The number of hydrogen-bond acceptors (Lipinski definition) is 8. The molecule has 0 heterocycles. The molecule has 2 aromatic carbocycles. The van der Waals surface area contributed by atoms with Gasteiger partial charge in [0.2, 0.25) is 0 Å². The summed E-state index contributed by atoms with van der Waals surface area (Å²) < 4.78 is 21.7. The van der Waals surface area contributed by atoms with Crippen LogP contribution in [-0.2, 0) is 0 Å². The summed E-state index contributed by atoms with van der Waals surface area (Å²) in [5, 5.41) is 18.2. The second-order valence-electron chi connectivity index (χ2n) is 6.55.